The van der Waals surface area contributed by atoms with E-state index in [1.54, 1.807) is 0 Å². The maximum Gasteiger partial charge on any atom is 0.298 e. The zero-order valence-corrected chi connectivity index (χ0v) is 16.0. The summed E-state index contributed by atoms with van der Waals surface area (Å²) in [5.74, 6) is 6.01. The van der Waals surface area contributed by atoms with Gasteiger partial charge in [-0.1, -0.05) is 47.9 Å². The van der Waals surface area contributed by atoms with Gasteiger partial charge in [-0.25, -0.2) is 0 Å². The Bertz CT molecular complexity index is 1060. The lowest BCUT2D eigenvalue weighted by atomic mass is 10.1. The van der Waals surface area contributed by atoms with Gasteiger partial charge in [-0.2, -0.15) is 4.98 Å². The van der Waals surface area contributed by atoms with Crippen LogP contribution in [0.3, 0.4) is 0 Å². The summed E-state index contributed by atoms with van der Waals surface area (Å²) in [6.45, 7) is 0.482. The lowest BCUT2D eigenvalue weighted by Crippen LogP contribution is -2.25. The van der Waals surface area contributed by atoms with Crippen LogP contribution in [0, 0.1) is 11.8 Å². The van der Waals surface area contributed by atoms with Gasteiger partial charge in [0.15, 0.2) is 5.58 Å². The number of hydrogen-bond donors (Lipinski definition) is 1. The molecule has 1 N–H and O–H groups in total. The van der Waals surface area contributed by atoms with Gasteiger partial charge in [0.1, 0.15) is 5.52 Å². The van der Waals surface area contributed by atoms with Gasteiger partial charge in [-0.05, 0) is 36.2 Å². The van der Waals surface area contributed by atoms with E-state index in [2.05, 4.69) is 22.1 Å². The molecule has 140 valence electrons. The van der Waals surface area contributed by atoms with E-state index in [9.17, 15) is 9.59 Å². The first-order chi connectivity index (χ1) is 13.6. The topological polar surface area (TPSA) is 75.4 Å². The quantitative estimate of drug-likeness (QED) is 0.689. The Labute approximate surface area is 166 Å². The molecule has 7 heteroatoms. The number of anilines is 1. The Kier molecular flexibility index (Phi) is 5.04. The van der Waals surface area contributed by atoms with Crippen molar-refractivity contribution >= 4 is 40.0 Å². The molecule has 28 heavy (non-hydrogen) atoms. The highest BCUT2D eigenvalue weighted by Gasteiger charge is 2.31. The molecule has 1 fully saturated rings. The Morgan fingerprint density at radius 2 is 1.96 bits per heavy atom. The van der Waals surface area contributed by atoms with E-state index in [1.165, 1.54) is 0 Å². The first kappa shape index (κ1) is 18.1. The fourth-order valence-corrected chi connectivity index (χ4v) is 3.68. The lowest BCUT2D eigenvalue weighted by Gasteiger charge is -2.09. The average Bonchev–Trinajstić information content (AvgIpc) is 3.26. The molecule has 0 saturated carbocycles. The van der Waals surface area contributed by atoms with Crippen molar-refractivity contribution < 1.29 is 14.0 Å². The summed E-state index contributed by atoms with van der Waals surface area (Å²) in [7, 11) is 1.88. The number of carbonyl (C=O) groups excluding carboxylic acids is 2. The molecule has 0 spiro atoms. The van der Waals surface area contributed by atoms with Crippen LogP contribution in [0.5, 0.6) is 0 Å². The van der Waals surface area contributed by atoms with Crippen LogP contribution in [-0.2, 0) is 11.2 Å². The van der Waals surface area contributed by atoms with Crippen LogP contribution in [0.15, 0.2) is 52.9 Å². The number of hydrogen-bond acceptors (Lipinski definition) is 6. The molecule has 1 aliphatic heterocycles. The zero-order chi connectivity index (χ0) is 19.5. The van der Waals surface area contributed by atoms with Gasteiger partial charge in [0, 0.05) is 12.6 Å². The van der Waals surface area contributed by atoms with Crippen molar-refractivity contribution in [1.82, 2.24) is 10.3 Å². The minimum Gasteiger partial charge on any atom is -0.423 e. The predicted octanol–water partition coefficient (Wildman–Crippen LogP) is 3.21. The second-order valence-electron chi connectivity index (χ2n) is 6.41. The number of para-hydroxylation sites is 2. The summed E-state index contributed by atoms with van der Waals surface area (Å²) in [5, 5.41) is 1.67. The van der Waals surface area contributed by atoms with Crippen LogP contribution in [-0.4, -0.2) is 35.0 Å². The molecular formula is C21H17N3O3S. The van der Waals surface area contributed by atoms with E-state index in [-0.39, 0.29) is 16.4 Å². The summed E-state index contributed by atoms with van der Waals surface area (Å²) in [5.41, 5.74) is 3.46. The molecule has 6 nitrogen and oxygen atoms in total. The van der Waals surface area contributed by atoms with Gasteiger partial charge in [0.2, 0.25) is 5.91 Å². The van der Waals surface area contributed by atoms with Crippen molar-refractivity contribution in [2.75, 3.05) is 18.5 Å². The molecule has 0 aliphatic carbocycles. The minimum absolute atomic E-state index is 0.221. The maximum atomic E-state index is 11.6. The summed E-state index contributed by atoms with van der Waals surface area (Å²) >= 11 is 1.04. The smallest absolute Gasteiger partial charge is 0.298 e. The number of aromatic nitrogens is 1. The monoisotopic (exact) mass is 391 g/mol. The number of carbonyl (C=O) groups is 2. The molecule has 0 bridgehead atoms. The Balaban J connectivity index is 1.36. The van der Waals surface area contributed by atoms with Crippen molar-refractivity contribution in [3.05, 3.63) is 59.7 Å². The van der Waals surface area contributed by atoms with Gasteiger partial charge in [0.25, 0.3) is 11.3 Å². The molecule has 1 unspecified atom stereocenters. The molecule has 1 saturated heterocycles. The molecule has 1 atom stereocenters. The third-order valence-corrected chi connectivity index (χ3v) is 5.28. The van der Waals surface area contributed by atoms with Crippen molar-refractivity contribution in [2.45, 2.75) is 11.7 Å². The van der Waals surface area contributed by atoms with Crippen LogP contribution >= 0.6 is 11.8 Å². The van der Waals surface area contributed by atoms with Crippen LogP contribution < -0.4 is 10.2 Å². The van der Waals surface area contributed by atoms with Gasteiger partial charge in [0.05, 0.1) is 11.8 Å². The molecule has 1 aliphatic rings. The molecule has 3 aromatic rings. The molecule has 0 radical (unpaired) electrons. The summed E-state index contributed by atoms with van der Waals surface area (Å²) in [6, 6.07) is 15.9. The Morgan fingerprint density at radius 3 is 2.68 bits per heavy atom. The second kappa shape index (κ2) is 7.79. The highest BCUT2D eigenvalue weighted by atomic mass is 32.2. The van der Waals surface area contributed by atoms with Crippen LogP contribution in [0.25, 0.3) is 11.1 Å². The number of fused-ring (bicyclic) bond motifs is 1. The number of benzene rings is 2. The fourth-order valence-electron chi connectivity index (χ4n) is 2.82. The number of nitrogens with zero attached hydrogens (tertiary/aromatic N) is 2. The van der Waals surface area contributed by atoms with E-state index >= 15 is 0 Å². The Hall–Kier alpha value is -3.24. The molecule has 2 aromatic carbocycles. The molecule has 2 amide bonds. The average molecular weight is 391 g/mol. The first-order valence-corrected chi connectivity index (χ1v) is 9.62. The summed E-state index contributed by atoms with van der Waals surface area (Å²) in [4.78, 5) is 29.2. The number of thioether (sulfide) groups is 1. The van der Waals surface area contributed by atoms with E-state index in [4.69, 9.17) is 4.42 Å². The number of amides is 2. The third kappa shape index (κ3) is 4.02. The fraction of sp³-hybridized carbons (Fsp3) is 0.190. The second-order valence-corrected chi connectivity index (χ2v) is 7.58. The Morgan fingerprint density at radius 1 is 1.18 bits per heavy atom. The van der Waals surface area contributed by atoms with Gasteiger partial charge in [-0.3, -0.25) is 14.9 Å². The number of oxazole rings is 1. The lowest BCUT2D eigenvalue weighted by molar-refractivity contribution is -0.118. The van der Waals surface area contributed by atoms with E-state index in [1.807, 2.05) is 60.5 Å². The first-order valence-electron chi connectivity index (χ1n) is 8.74. The standard InChI is InChI=1S/C21H17N3O3S/c1-24(20-22-16-6-2-3-7-17(16)27-20)12-4-5-14-8-10-15(11-9-14)13-18-19(25)23-21(26)28-18/h2-3,6-11,18H,12-13H2,1H3,(H,23,25,26). The number of rotatable bonds is 4. The largest absolute Gasteiger partial charge is 0.423 e. The molecule has 2 heterocycles. The summed E-state index contributed by atoms with van der Waals surface area (Å²) in [6.07, 6.45) is 0.524. The van der Waals surface area contributed by atoms with E-state index in [0.29, 0.717) is 19.0 Å². The predicted molar refractivity (Wildman–Crippen MR) is 109 cm³/mol. The van der Waals surface area contributed by atoms with Crippen molar-refractivity contribution in [3.63, 3.8) is 0 Å². The molecule has 4 rings (SSSR count). The van der Waals surface area contributed by atoms with Crippen LogP contribution in [0.4, 0.5) is 10.8 Å². The van der Waals surface area contributed by atoms with E-state index in [0.717, 1.165) is 34.0 Å². The molecule has 1 aromatic heterocycles. The van der Waals surface area contributed by atoms with Gasteiger partial charge in [-0.15, -0.1) is 0 Å². The van der Waals surface area contributed by atoms with Crippen molar-refractivity contribution in [3.8, 4) is 11.8 Å². The van der Waals surface area contributed by atoms with Crippen molar-refractivity contribution in [1.29, 1.82) is 0 Å². The third-order valence-electron chi connectivity index (χ3n) is 4.30. The highest BCUT2D eigenvalue weighted by molar-refractivity contribution is 8.15. The van der Waals surface area contributed by atoms with E-state index < -0.39 is 0 Å². The summed E-state index contributed by atoms with van der Waals surface area (Å²) < 4.78 is 5.72. The highest BCUT2D eigenvalue weighted by Crippen LogP contribution is 2.23. The number of nitrogens with one attached hydrogen (secondary N) is 1. The van der Waals surface area contributed by atoms with Gasteiger partial charge < -0.3 is 9.32 Å². The SMILES string of the molecule is CN(CC#Cc1ccc(CC2SC(=O)NC2=O)cc1)c1nc2ccccc2o1. The molecular weight excluding hydrogens is 374 g/mol. The van der Waals surface area contributed by atoms with Crippen molar-refractivity contribution in [2.24, 2.45) is 0 Å². The normalized spacial score (nSPS) is 16.0. The van der Waals surface area contributed by atoms with Crippen LogP contribution in [0.2, 0.25) is 0 Å². The van der Waals surface area contributed by atoms with Gasteiger partial charge >= 0.3 is 0 Å². The maximum absolute atomic E-state index is 11.6. The zero-order valence-electron chi connectivity index (χ0n) is 15.1. The van der Waals surface area contributed by atoms with Crippen LogP contribution in [0.1, 0.15) is 11.1 Å². The minimum atomic E-state index is -0.352. The number of imide groups is 1.